The number of aryl methyl sites for hydroxylation is 1. The lowest BCUT2D eigenvalue weighted by atomic mass is 10.1. The summed E-state index contributed by atoms with van der Waals surface area (Å²) in [6.45, 7) is 1.76. The van der Waals surface area contributed by atoms with Crippen molar-refractivity contribution >= 4 is 34.2 Å². The summed E-state index contributed by atoms with van der Waals surface area (Å²) in [6, 6.07) is 5.15. The smallest absolute Gasteiger partial charge is 0.257 e. The highest BCUT2D eigenvalue weighted by Crippen LogP contribution is 2.24. The Bertz CT molecular complexity index is 680. The van der Waals surface area contributed by atoms with E-state index in [-0.39, 0.29) is 11.8 Å². The van der Waals surface area contributed by atoms with Gasteiger partial charge in [-0.1, -0.05) is 6.07 Å². The first-order valence-electron chi connectivity index (χ1n) is 5.66. The summed E-state index contributed by atoms with van der Waals surface area (Å²) in [5.74, 6) is 0.314. The first-order chi connectivity index (χ1) is 9.11. The molecule has 6 nitrogen and oxygen atoms in total. The third-order valence-electron chi connectivity index (χ3n) is 2.75. The Morgan fingerprint density at radius 2 is 2.32 bits per heavy atom. The lowest BCUT2D eigenvalue weighted by molar-refractivity contribution is -0.115. The Hall–Kier alpha value is -2.28. The van der Waals surface area contributed by atoms with Crippen LogP contribution in [0.5, 0.6) is 0 Å². The third-order valence-corrected chi connectivity index (χ3v) is 3.47. The molecule has 1 aliphatic rings. The van der Waals surface area contributed by atoms with Crippen LogP contribution in [0.15, 0.2) is 18.2 Å². The summed E-state index contributed by atoms with van der Waals surface area (Å²) in [5, 5.41) is 5.86. The van der Waals surface area contributed by atoms with Crippen molar-refractivity contribution in [2.24, 2.45) is 0 Å². The van der Waals surface area contributed by atoms with Gasteiger partial charge in [0, 0.05) is 22.8 Å². The van der Waals surface area contributed by atoms with Gasteiger partial charge in [-0.15, -0.1) is 0 Å². The van der Waals surface area contributed by atoms with Crippen LogP contribution in [-0.2, 0) is 11.2 Å². The molecule has 2 heterocycles. The highest BCUT2D eigenvalue weighted by molar-refractivity contribution is 7.09. The summed E-state index contributed by atoms with van der Waals surface area (Å²) in [5.41, 5.74) is 2.09. The molecule has 0 atom stereocenters. The highest BCUT2D eigenvalue weighted by Gasteiger charge is 2.19. The molecule has 0 bridgehead atoms. The molecule has 0 spiro atoms. The average molecular weight is 274 g/mol. The monoisotopic (exact) mass is 274 g/mol. The minimum Gasteiger partial charge on any atom is -0.326 e. The second-order valence-electron chi connectivity index (χ2n) is 4.20. The second kappa shape index (κ2) is 4.43. The standard InChI is InChI=1S/C12H10N4O2S/c1-6-13-12(19-16-6)15-11(18)8-3-2-7-5-10(17)14-9(7)4-8/h2-4H,5H2,1H3,(H,14,17)(H,13,15,16,18). The van der Waals surface area contributed by atoms with Gasteiger partial charge in [0.05, 0.1) is 6.42 Å². The fraction of sp³-hybridized carbons (Fsp3) is 0.167. The zero-order chi connectivity index (χ0) is 13.4. The minimum absolute atomic E-state index is 0.0488. The number of nitrogens with one attached hydrogen (secondary N) is 2. The molecule has 1 aromatic carbocycles. The number of rotatable bonds is 2. The Morgan fingerprint density at radius 3 is 3.05 bits per heavy atom. The summed E-state index contributed by atoms with van der Waals surface area (Å²) in [4.78, 5) is 27.3. The molecule has 1 aliphatic heterocycles. The lowest BCUT2D eigenvalue weighted by Gasteiger charge is -2.04. The number of carbonyl (C=O) groups excluding carboxylic acids is 2. The number of amides is 2. The van der Waals surface area contributed by atoms with Gasteiger partial charge >= 0.3 is 0 Å². The van der Waals surface area contributed by atoms with E-state index in [9.17, 15) is 9.59 Å². The molecule has 1 aromatic heterocycles. The van der Waals surface area contributed by atoms with Crippen LogP contribution in [0.25, 0.3) is 0 Å². The van der Waals surface area contributed by atoms with Gasteiger partial charge < -0.3 is 5.32 Å². The molecule has 19 heavy (non-hydrogen) atoms. The van der Waals surface area contributed by atoms with E-state index < -0.39 is 0 Å². The normalized spacial score (nSPS) is 13.0. The van der Waals surface area contributed by atoms with E-state index in [0.717, 1.165) is 17.1 Å². The highest BCUT2D eigenvalue weighted by atomic mass is 32.1. The SMILES string of the molecule is Cc1nsc(NC(=O)c2ccc3c(c2)NC(=O)C3)n1. The van der Waals surface area contributed by atoms with Crippen LogP contribution in [0, 0.1) is 6.92 Å². The first-order valence-corrected chi connectivity index (χ1v) is 6.43. The fourth-order valence-corrected chi connectivity index (χ4v) is 2.44. The van der Waals surface area contributed by atoms with E-state index in [1.807, 2.05) is 0 Å². The van der Waals surface area contributed by atoms with Crippen molar-refractivity contribution in [2.75, 3.05) is 10.6 Å². The predicted octanol–water partition coefficient (Wildman–Crippen LogP) is 1.59. The van der Waals surface area contributed by atoms with E-state index >= 15 is 0 Å². The Labute approximate surface area is 113 Å². The average Bonchev–Trinajstić information content (AvgIpc) is 2.93. The van der Waals surface area contributed by atoms with Crippen LogP contribution in [-0.4, -0.2) is 21.2 Å². The molecule has 2 amide bonds. The lowest BCUT2D eigenvalue weighted by Crippen LogP contribution is -2.12. The van der Waals surface area contributed by atoms with Crippen molar-refractivity contribution in [3.63, 3.8) is 0 Å². The Kier molecular flexibility index (Phi) is 2.75. The molecule has 0 radical (unpaired) electrons. The molecule has 2 aromatic rings. The van der Waals surface area contributed by atoms with Crippen LogP contribution in [0.1, 0.15) is 21.7 Å². The number of carbonyl (C=O) groups is 2. The maximum Gasteiger partial charge on any atom is 0.257 e. The van der Waals surface area contributed by atoms with Crippen LogP contribution in [0.3, 0.4) is 0 Å². The molecule has 0 fully saturated rings. The number of fused-ring (bicyclic) bond motifs is 1. The van der Waals surface area contributed by atoms with Gasteiger partial charge in [0.1, 0.15) is 5.82 Å². The van der Waals surface area contributed by atoms with E-state index in [1.54, 1.807) is 25.1 Å². The van der Waals surface area contributed by atoms with Gasteiger partial charge in [0.2, 0.25) is 11.0 Å². The molecule has 0 unspecified atom stereocenters. The molecular formula is C12H10N4O2S. The van der Waals surface area contributed by atoms with Gasteiger partial charge in [0.15, 0.2) is 0 Å². The summed E-state index contributed by atoms with van der Waals surface area (Å²) < 4.78 is 3.99. The van der Waals surface area contributed by atoms with Gasteiger partial charge in [0.25, 0.3) is 5.91 Å². The molecule has 0 saturated heterocycles. The predicted molar refractivity (Wildman–Crippen MR) is 71.4 cm³/mol. The molecule has 0 saturated carbocycles. The summed E-state index contributed by atoms with van der Waals surface area (Å²) in [7, 11) is 0. The third kappa shape index (κ3) is 2.32. The van der Waals surface area contributed by atoms with Crippen LogP contribution >= 0.6 is 11.5 Å². The fourth-order valence-electron chi connectivity index (χ4n) is 1.87. The van der Waals surface area contributed by atoms with E-state index in [0.29, 0.717) is 28.6 Å². The van der Waals surface area contributed by atoms with Crippen molar-refractivity contribution in [2.45, 2.75) is 13.3 Å². The molecule has 7 heteroatoms. The number of anilines is 2. The zero-order valence-corrected chi connectivity index (χ0v) is 10.9. The van der Waals surface area contributed by atoms with Crippen molar-refractivity contribution in [3.05, 3.63) is 35.2 Å². The molecule has 96 valence electrons. The zero-order valence-electron chi connectivity index (χ0n) is 10.1. The van der Waals surface area contributed by atoms with Crippen LogP contribution < -0.4 is 10.6 Å². The van der Waals surface area contributed by atoms with E-state index in [1.165, 1.54) is 0 Å². The quantitative estimate of drug-likeness (QED) is 0.871. The van der Waals surface area contributed by atoms with Gasteiger partial charge in [-0.2, -0.15) is 4.37 Å². The Morgan fingerprint density at radius 1 is 1.47 bits per heavy atom. The largest absolute Gasteiger partial charge is 0.326 e. The van der Waals surface area contributed by atoms with Crippen molar-refractivity contribution in [3.8, 4) is 0 Å². The maximum atomic E-state index is 12.0. The van der Waals surface area contributed by atoms with Crippen molar-refractivity contribution in [1.29, 1.82) is 0 Å². The number of aromatic nitrogens is 2. The maximum absolute atomic E-state index is 12.0. The molecule has 3 rings (SSSR count). The van der Waals surface area contributed by atoms with E-state index in [2.05, 4.69) is 20.0 Å². The second-order valence-corrected chi connectivity index (χ2v) is 4.95. The van der Waals surface area contributed by atoms with Gasteiger partial charge in [-0.25, -0.2) is 4.98 Å². The topological polar surface area (TPSA) is 84.0 Å². The molecular weight excluding hydrogens is 264 g/mol. The number of benzene rings is 1. The number of hydrogen-bond acceptors (Lipinski definition) is 5. The summed E-state index contributed by atoms with van der Waals surface area (Å²) in [6.07, 6.45) is 0.368. The molecule has 2 N–H and O–H groups in total. The van der Waals surface area contributed by atoms with Crippen molar-refractivity contribution < 1.29 is 9.59 Å². The summed E-state index contributed by atoms with van der Waals surface area (Å²) >= 11 is 1.14. The van der Waals surface area contributed by atoms with Gasteiger partial charge in [-0.05, 0) is 24.6 Å². The van der Waals surface area contributed by atoms with Crippen molar-refractivity contribution in [1.82, 2.24) is 9.36 Å². The van der Waals surface area contributed by atoms with Crippen LogP contribution in [0.2, 0.25) is 0 Å². The van der Waals surface area contributed by atoms with Gasteiger partial charge in [-0.3, -0.25) is 14.9 Å². The molecule has 0 aliphatic carbocycles. The number of nitrogens with zero attached hydrogens (tertiary/aromatic N) is 2. The number of hydrogen-bond donors (Lipinski definition) is 2. The van der Waals surface area contributed by atoms with E-state index in [4.69, 9.17) is 0 Å². The first kappa shape index (κ1) is 11.8. The van der Waals surface area contributed by atoms with Crippen LogP contribution in [0.4, 0.5) is 10.8 Å². The minimum atomic E-state index is -0.264. The Balaban J connectivity index is 1.81.